The number of likely N-dealkylation sites (tertiary alicyclic amines) is 1. The molecule has 6 rings (SSSR count). The Bertz CT molecular complexity index is 1450. The highest BCUT2D eigenvalue weighted by atomic mass is 19.4. The summed E-state index contributed by atoms with van der Waals surface area (Å²) in [6.45, 7) is 1.86. The molecule has 1 aliphatic heterocycles. The van der Waals surface area contributed by atoms with Crippen molar-refractivity contribution >= 4 is 11.0 Å². The predicted octanol–water partition coefficient (Wildman–Crippen LogP) is 2.45. The fourth-order valence-corrected chi connectivity index (χ4v) is 5.61. The molecule has 1 aliphatic carbocycles. The normalized spacial score (nSPS) is 21.7. The molecule has 0 aromatic carbocycles. The lowest BCUT2D eigenvalue weighted by atomic mass is 9.83. The first-order valence-electron chi connectivity index (χ1n) is 12.9. The molecule has 14 heteroatoms. The summed E-state index contributed by atoms with van der Waals surface area (Å²) in [4.78, 5) is 21.3. The van der Waals surface area contributed by atoms with Gasteiger partial charge in [-0.2, -0.15) is 23.3 Å². The van der Waals surface area contributed by atoms with Crippen LogP contribution in [0.1, 0.15) is 37.2 Å². The molecule has 2 fully saturated rings. The molecule has 0 atom stereocenters. The third-order valence-electron chi connectivity index (χ3n) is 7.74. The van der Waals surface area contributed by atoms with Gasteiger partial charge in [-0.15, -0.1) is 0 Å². The lowest BCUT2D eigenvalue weighted by molar-refractivity contribution is -0.145. The third kappa shape index (κ3) is 4.83. The summed E-state index contributed by atoms with van der Waals surface area (Å²) in [5.41, 5.74) is 14.1. The van der Waals surface area contributed by atoms with E-state index in [0.29, 0.717) is 25.4 Å². The van der Waals surface area contributed by atoms with Gasteiger partial charge in [0.25, 0.3) is 0 Å². The van der Waals surface area contributed by atoms with Crippen LogP contribution >= 0.6 is 0 Å². The van der Waals surface area contributed by atoms with Crippen LogP contribution in [-0.4, -0.2) is 71.4 Å². The summed E-state index contributed by atoms with van der Waals surface area (Å²) in [6.07, 6.45) is 5.46. The van der Waals surface area contributed by atoms with Crippen molar-refractivity contribution in [1.82, 2.24) is 39.6 Å². The maximum atomic E-state index is 13.2. The fourth-order valence-electron chi connectivity index (χ4n) is 5.61. The minimum Gasteiger partial charge on any atom is -0.474 e. The van der Waals surface area contributed by atoms with E-state index in [9.17, 15) is 13.2 Å². The monoisotopic (exact) mass is 542 g/mol. The molecular weight excluding hydrogens is 513 g/mol. The average Bonchev–Trinajstić information content (AvgIpc) is 3.59. The molecule has 1 saturated carbocycles. The molecule has 0 unspecified atom stereocenters. The summed E-state index contributed by atoms with van der Waals surface area (Å²) < 4.78 is 47.2. The van der Waals surface area contributed by atoms with Crippen LogP contribution in [0.2, 0.25) is 0 Å². The molecule has 11 nitrogen and oxygen atoms in total. The van der Waals surface area contributed by atoms with E-state index >= 15 is 0 Å². The standard InChI is InChI=1S/C25H29F3N10O/c26-25(27,28)23-35-16(8-29)7-20(36-23)39-18-3-1-17(2-4-18)37-12-24(11-30,13-37)38-10-15(9-34-38)21-19-5-6-31-22(19)33-14-32-21/h5-7,9-10,14,17-18H,1-4,8,11-13,29-30H2,(H,31,32,33). The zero-order valence-corrected chi connectivity index (χ0v) is 21.1. The van der Waals surface area contributed by atoms with Crippen molar-refractivity contribution in [2.24, 2.45) is 11.5 Å². The number of halogens is 3. The second kappa shape index (κ2) is 9.84. The quantitative estimate of drug-likeness (QED) is 0.320. The topological polar surface area (TPSA) is 150 Å². The smallest absolute Gasteiger partial charge is 0.451 e. The van der Waals surface area contributed by atoms with Crippen LogP contribution in [0.15, 0.2) is 37.1 Å². The number of fused-ring (bicyclic) bond motifs is 1. The van der Waals surface area contributed by atoms with Crippen LogP contribution < -0.4 is 16.2 Å². The van der Waals surface area contributed by atoms with E-state index in [-0.39, 0.29) is 29.8 Å². The molecule has 0 bridgehead atoms. The van der Waals surface area contributed by atoms with Gasteiger partial charge in [0, 0.05) is 61.6 Å². The van der Waals surface area contributed by atoms with Gasteiger partial charge in [-0.05, 0) is 31.7 Å². The number of nitrogens with zero attached hydrogens (tertiary/aromatic N) is 7. The number of aromatic amines is 1. The molecule has 0 radical (unpaired) electrons. The van der Waals surface area contributed by atoms with Crippen LogP contribution in [0.5, 0.6) is 5.88 Å². The minimum absolute atomic E-state index is 0.0811. The summed E-state index contributed by atoms with van der Waals surface area (Å²) in [7, 11) is 0. The second-order valence-corrected chi connectivity index (χ2v) is 10.2. The van der Waals surface area contributed by atoms with Crippen molar-refractivity contribution in [3.8, 4) is 17.1 Å². The van der Waals surface area contributed by atoms with Gasteiger partial charge < -0.3 is 21.2 Å². The van der Waals surface area contributed by atoms with E-state index < -0.39 is 12.0 Å². The molecule has 4 aromatic heterocycles. The lowest BCUT2D eigenvalue weighted by Gasteiger charge is -2.53. The Kier molecular flexibility index (Phi) is 6.47. The predicted molar refractivity (Wildman–Crippen MR) is 135 cm³/mol. The highest BCUT2D eigenvalue weighted by Gasteiger charge is 2.47. The molecule has 2 aliphatic rings. The van der Waals surface area contributed by atoms with Crippen molar-refractivity contribution in [3.05, 3.63) is 48.6 Å². The van der Waals surface area contributed by atoms with Gasteiger partial charge in [-0.1, -0.05) is 0 Å². The summed E-state index contributed by atoms with van der Waals surface area (Å²) >= 11 is 0. The number of nitrogens with two attached hydrogens (primary N) is 2. The van der Waals surface area contributed by atoms with Crippen molar-refractivity contribution in [3.63, 3.8) is 0 Å². The number of hydrogen-bond donors (Lipinski definition) is 3. The molecule has 0 spiro atoms. The van der Waals surface area contributed by atoms with E-state index in [1.54, 1.807) is 0 Å². The van der Waals surface area contributed by atoms with Crippen LogP contribution in [0, 0.1) is 0 Å². The summed E-state index contributed by atoms with van der Waals surface area (Å²) in [5.74, 6) is -1.31. The van der Waals surface area contributed by atoms with E-state index in [0.717, 1.165) is 48.2 Å². The second-order valence-electron chi connectivity index (χ2n) is 10.2. The number of alkyl halides is 3. The molecule has 1 saturated heterocycles. The largest absolute Gasteiger partial charge is 0.474 e. The highest BCUT2D eigenvalue weighted by molar-refractivity contribution is 5.89. The number of aromatic nitrogens is 7. The van der Waals surface area contributed by atoms with Crippen LogP contribution in [0.4, 0.5) is 13.2 Å². The Hall–Kier alpha value is -3.62. The van der Waals surface area contributed by atoms with Crippen molar-refractivity contribution < 1.29 is 17.9 Å². The highest BCUT2D eigenvalue weighted by Crippen LogP contribution is 2.37. The number of ether oxygens (including phenoxy) is 1. The first-order valence-corrected chi connectivity index (χ1v) is 12.9. The number of nitrogens with one attached hydrogen (secondary N) is 1. The Morgan fingerprint density at radius 3 is 2.62 bits per heavy atom. The fraction of sp³-hybridized carbons (Fsp3) is 0.480. The van der Waals surface area contributed by atoms with E-state index in [1.807, 2.05) is 29.3 Å². The van der Waals surface area contributed by atoms with Gasteiger partial charge in [0.1, 0.15) is 23.6 Å². The zero-order valence-electron chi connectivity index (χ0n) is 21.1. The number of hydrogen-bond acceptors (Lipinski definition) is 9. The maximum absolute atomic E-state index is 13.2. The van der Waals surface area contributed by atoms with Crippen LogP contribution in [0.25, 0.3) is 22.3 Å². The Morgan fingerprint density at radius 2 is 1.90 bits per heavy atom. The maximum Gasteiger partial charge on any atom is 0.451 e. The van der Waals surface area contributed by atoms with Gasteiger partial charge in [0.05, 0.1) is 17.6 Å². The molecule has 4 aromatic rings. The van der Waals surface area contributed by atoms with Crippen LogP contribution in [-0.2, 0) is 18.3 Å². The van der Waals surface area contributed by atoms with Gasteiger partial charge in [0.2, 0.25) is 11.7 Å². The van der Waals surface area contributed by atoms with Crippen molar-refractivity contribution in [1.29, 1.82) is 0 Å². The van der Waals surface area contributed by atoms with Crippen LogP contribution in [0.3, 0.4) is 0 Å². The Labute approximate surface area is 221 Å². The summed E-state index contributed by atoms with van der Waals surface area (Å²) in [6, 6.07) is 3.67. The first-order chi connectivity index (χ1) is 18.8. The molecular formula is C25H29F3N10O. The third-order valence-corrected chi connectivity index (χ3v) is 7.74. The van der Waals surface area contributed by atoms with Gasteiger partial charge in [0.15, 0.2) is 0 Å². The van der Waals surface area contributed by atoms with Gasteiger partial charge in [-0.25, -0.2) is 15.0 Å². The van der Waals surface area contributed by atoms with Gasteiger partial charge >= 0.3 is 6.18 Å². The van der Waals surface area contributed by atoms with Crippen molar-refractivity contribution in [2.75, 3.05) is 19.6 Å². The van der Waals surface area contributed by atoms with E-state index in [1.165, 1.54) is 12.4 Å². The molecule has 0 amide bonds. The first kappa shape index (κ1) is 25.6. The lowest BCUT2D eigenvalue weighted by Crippen LogP contribution is -2.68. The molecule has 5 heterocycles. The SMILES string of the molecule is NCc1cc(OC2CCC(N3CC(CN)(n4cc(-c5ncnc6[nH]ccc56)cn4)C3)CC2)nc(C(F)(F)F)n1. The molecule has 206 valence electrons. The van der Waals surface area contributed by atoms with E-state index in [2.05, 4.69) is 34.9 Å². The molecule has 5 N–H and O–H groups in total. The molecule has 39 heavy (non-hydrogen) atoms. The van der Waals surface area contributed by atoms with Crippen molar-refractivity contribution in [2.45, 2.75) is 56.1 Å². The number of H-pyrrole nitrogens is 1. The van der Waals surface area contributed by atoms with E-state index in [4.69, 9.17) is 16.2 Å². The summed E-state index contributed by atoms with van der Waals surface area (Å²) in [5, 5.41) is 5.58. The average molecular weight is 543 g/mol. The Morgan fingerprint density at radius 1 is 1.10 bits per heavy atom. The number of rotatable bonds is 7. The minimum atomic E-state index is -4.66. The zero-order chi connectivity index (χ0) is 27.2. The van der Waals surface area contributed by atoms with Gasteiger partial charge in [-0.3, -0.25) is 9.58 Å². The Balaban J connectivity index is 1.08.